The molecule has 204 valence electrons. The number of nitrogens with zero attached hydrogens (tertiary/aromatic N) is 1. The van der Waals surface area contributed by atoms with Gasteiger partial charge in [0, 0.05) is 6.42 Å². The third-order valence-electron chi connectivity index (χ3n) is 7.08. The second-order valence-electron chi connectivity index (χ2n) is 10.1. The van der Waals surface area contributed by atoms with E-state index in [0.29, 0.717) is 12.2 Å². The fourth-order valence-electron chi connectivity index (χ4n) is 4.84. The van der Waals surface area contributed by atoms with Gasteiger partial charge < -0.3 is 24.8 Å². The first-order valence-electron chi connectivity index (χ1n) is 13.0. The molecular weight excluding hydrogens is 496 g/mol. The number of benzene rings is 1. The van der Waals surface area contributed by atoms with Crippen molar-refractivity contribution in [3.63, 3.8) is 0 Å². The first-order chi connectivity index (χ1) is 17.6. The Morgan fingerprint density at radius 1 is 1.05 bits per heavy atom. The Morgan fingerprint density at radius 3 is 2.35 bits per heavy atom. The van der Waals surface area contributed by atoms with Crippen LogP contribution in [0.2, 0.25) is 0 Å². The molecule has 0 spiro atoms. The number of hydrogen-bond acceptors (Lipinski definition) is 7. The van der Waals surface area contributed by atoms with Gasteiger partial charge in [-0.05, 0) is 32.4 Å². The molecular formula is C27H38N2O7S. The van der Waals surface area contributed by atoms with E-state index in [4.69, 9.17) is 9.47 Å². The minimum atomic E-state index is -1.73. The van der Waals surface area contributed by atoms with Crippen LogP contribution in [0.5, 0.6) is 5.75 Å². The van der Waals surface area contributed by atoms with Gasteiger partial charge in [-0.2, -0.15) is 0 Å². The molecule has 10 heteroatoms. The molecule has 1 aromatic carbocycles. The topological polar surface area (TPSA) is 122 Å². The van der Waals surface area contributed by atoms with Gasteiger partial charge >= 0.3 is 11.9 Å². The van der Waals surface area contributed by atoms with Crippen molar-refractivity contribution >= 4 is 35.5 Å². The number of amides is 2. The van der Waals surface area contributed by atoms with Crippen LogP contribution in [-0.2, 0) is 23.9 Å². The van der Waals surface area contributed by atoms with Gasteiger partial charge in [0.25, 0.3) is 5.91 Å². The van der Waals surface area contributed by atoms with Gasteiger partial charge in [0.05, 0.1) is 4.75 Å². The first-order valence-corrected chi connectivity index (χ1v) is 13.9. The maximum atomic E-state index is 13.1. The number of para-hydroxylation sites is 1. The normalized spacial score (nSPS) is 23.6. The van der Waals surface area contributed by atoms with Gasteiger partial charge in [-0.3, -0.25) is 14.4 Å². The molecule has 2 N–H and O–H groups in total. The van der Waals surface area contributed by atoms with Gasteiger partial charge in [-0.1, -0.05) is 63.6 Å². The molecule has 2 amide bonds. The maximum absolute atomic E-state index is 13.1. The molecule has 2 saturated heterocycles. The number of hydrogen-bond donors (Lipinski definition) is 2. The van der Waals surface area contributed by atoms with E-state index in [1.54, 1.807) is 38.1 Å². The molecule has 0 unspecified atom stereocenters. The maximum Gasteiger partial charge on any atom is 0.334 e. The van der Waals surface area contributed by atoms with E-state index < -0.39 is 52.1 Å². The Labute approximate surface area is 222 Å². The van der Waals surface area contributed by atoms with E-state index in [-0.39, 0.29) is 13.0 Å². The quantitative estimate of drug-likeness (QED) is 0.198. The highest BCUT2D eigenvalue weighted by atomic mass is 32.2. The summed E-state index contributed by atoms with van der Waals surface area (Å²) in [6, 6.07) is 7.95. The summed E-state index contributed by atoms with van der Waals surface area (Å²) in [7, 11) is 0. The van der Waals surface area contributed by atoms with E-state index in [1.807, 2.05) is 6.07 Å². The van der Waals surface area contributed by atoms with Crippen LogP contribution in [0.25, 0.3) is 0 Å². The number of esters is 1. The van der Waals surface area contributed by atoms with Crippen LogP contribution in [0.4, 0.5) is 0 Å². The molecule has 0 aromatic heterocycles. The average Bonchev–Trinajstić information content (AvgIpc) is 3.09. The zero-order valence-corrected chi connectivity index (χ0v) is 22.7. The lowest BCUT2D eigenvalue weighted by Gasteiger charge is -2.49. The number of thioether (sulfide) groups is 1. The summed E-state index contributed by atoms with van der Waals surface area (Å²) < 4.78 is 9.92. The van der Waals surface area contributed by atoms with E-state index in [9.17, 15) is 24.3 Å². The zero-order valence-electron chi connectivity index (χ0n) is 21.9. The predicted molar refractivity (Wildman–Crippen MR) is 140 cm³/mol. The third-order valence-corrected chi connectivity index (χ3v) is 8.73. The second-order valence-corrected chi connectivity index (χ2v) is 11.8. The zero-order chi connectivity index (χ0) is 27.1. The van der Waals surface area contributed by atoms with Crippen LogP contribution >= 0.6 is 11.8 Å². The van der Waals surface area contributed by atoms with Gasteiger partial charge in [-0.25, -0.2) is 4.79 Å². The Morgan fingerprint density at radius 2 is 1.70 bits per heavy atom. The van der Waals surface area contributed by atoms with Crippen LogP contribution in [0, 0.1) is 0 Å². The number of carboxylic acids is 1. The summed E-state index contributed by atoms with van der Waals surface area (Å²) in [4.78, 5) is 51.7. The Hall–Kier alpha value is -2.75. The summed E-state index contributed by atoms with van der Waals surface area (Å²) in [5.41, 5.74) is -1.73. The van der Waals surface area contributed by atoms with Crippen molar-refractivity contribution in [2.75, 3.05) is 13.2 Å². The van der Waals surface area contributed by atoms with Gasteiger partial charge in [-0.15, -0.1) is 11.8 Å². The van der Waals surface area contributed by atoms with Crippen molar-refractivity contribution in [3.05, 3.63) is 30.3 Å². The van der Waals surface area contributed by atoms with Crippen molar-refractivity contribution in [3.8, 4) is 5.75 Å². The molecule has 1 aromatic rings. The van der Waals surface area contributed by atoms with Crippen molar-refractivity contribution < 1.29 is 33.8 Å². The second kappa shape index (κ2) is 12.7. The molecule has 0 aliphatic carbocycles. The van der Waals surface area contributed by atoms with Crippen LogP contribution in [0.3, 0.4) is 0 Å². The third kappa shape index (κ3) is 6.40. The fourth-order valence-corrected chi connectivity index (χ4v) is 6.60. The van der Waals surface area contributed by atoms with Crippen LogP contribution < -0.4 is 10.1 Å². The molecule has 0 radical (unpaired) electrons. The van der Waals surface area contributed by atoms with Crippen LogP contribution in [-0.4, -0.2) is 68.7 Å². The smallest absolute Gasteiger partial charge is 0.334 e. The number of carbonyl (C=O) groups excluding carboxylic acids is 3. The molecule has 37 heavy (non-hydrogen) atoms. The Kier molecular flexibility index (Phi) is 9.87. The number of aliphatic carboxylic acids is 1. The van der Waals surface area contributed by atoms with Crippen molar-refractivity contribution in [1.29, 1.82) is 0 Å². The predicted octanol–water partition coefficient (Wildman–Crippen LogP) is 3.75. The highest BCUT2D eigenvalue weighted by Crippen LogP contribution is 2.57. The summed E-state index contributed by atoms with van der Waals surface area (Å²) in [6.45, 7) is 4.91. The average molecular weight is 535 g/mol. The number of rotatable bonds is 15. The monoisotopic (exact) mass is 534 g/mol. The number of carboxylic acid groups (broad SMARTS) is 1. The summed E-state index contributed by atoms with van der Waals surface area (Å²) in [5.74, 6) is -2.16. The Balaban J connectivity index is 1.54. The standard InChI is InChI=1S/C27H38N2O7S/c1-4-5-6-7-8-9-13-16-21(31)36-18-27(25(33)34)26(2,3)37-24-22(23(32)29(24)27)28-20(30)17-35-19-14-11-10-12-15-19/h10-12,14-15,22,24H,4-9,13,16-18H2,1-3H3,(H,28,30)(H,33,34)/t22-,24-,27+/m1/s1. The lowest BCUT2D eigenvalue weighted by molar-refractivity contribution is -0.179. The lowest BCUT2D eigenvalue weighted by atomic mass is 9.81. The molecule has 3 rings (SSSR count). The molecule has 3 atom stereocenters. The molecule has 0 saturated carbocycles. The van der Waals surface area contributed by atoms with Gasteiger partial charge in [0.2, 0.25) is 5.91 Å². The molecule has 2 aliphatic rings. The lowest BCUT2D eigenvalue weighted by Crippen LogP contribution is -2.77. The van der Waals surface area contributed by atoms with Gasteiger partial charge in [0.15, 0.2) is 12.1 Å². The number of unbranched alkanes of at least 4 members (excludes halogenated alkanes) is 6. The molecule has 9 nitrogen and oxygen atoms in total. The number of nitrogens with one attached hydrogen (secondary N) is 1. The SMILES string of the molecule is CCCCCCCCCC(=O)OC[C@@]1(C(=O)O)N2C(=O)[C@@H](NC(=O)COc3ccccc3)[C@H]2SC1(C)C. The van der Waals surface area contributed by atoms with E-state index in [2.05, 4.69) is 12.2 Å². The van der Waals surface area contributed by atoms with Crippen LogP contribution in [0.15, 0.2) is 30.3 Å². The molecule has 2 fully saturated rings. The largest absolute Gasteiger partial charge is 0.484 e. The van der Waals surface area contributed by atoms with Crippen LogP contribution in [0.1, 0.15) is 72.1 Å². The van der Waals surface area contributed by atoms with E-state index in [0.717, 1.165) is 19.3 Å². The minimum Gasteiger partial charge on any atom is -0.484 e. The minimum absolute atomic E-state index is 0.217. The summed E-state index contributed by atoms with van der Waals surface area (Å²) >= 11 is 1.28. The van der Waals surface area contributed by atoms with Crippen molar-refractivity contribution in [2.45, 2.75) is 93.8 Å². The molecule has 0 bridgehead atoms. The van der Waals surface area contributed by atoms with Crippen molar-refractivity contribution in [1.82, 2.24) is 10.2 Å². The van der Waals surface area contributed by atoms with E-state index >= 15 is 0 Å². The number of carbonyl (C=O) groups is 4. The van der Waals surface area contributed by atoms with E-state index in [1.165, 1.54) is 35.9 Å². The highest BCUT2D eigenvalue weighted by molar-refractivity contribution is 8.01. The summed E-state index contributed by atoms with van der Waals surface area (Å²) in [5, 5.41) is 12.3. The van der Waals surface area contributed by atoms with Gasteiger partial charge in [0.1, 0.15) is 23.8 Å². The summed E-state index contributed by atoms with van der Waals surface area (Å²) in [6.07, 6.45) is 7.63. The molecule has 2 aliphatic heterocycles. The highest BCUT2D eigenvalue weighted by Gasteiger charge is 2.73. The number of β-lactam (4-membered cyclic amide) rings is 1. The first kappa shape index (κ1) is 28.8. The Bertz CT molecular complexity index is 971. The number of ether oxygens (including phenoxy) is 2. The number of fused-ring (bicyclic) bond motifs is 1. The van der Waals surface area contributed by atoms with Crippen molar-refractivity contribution in [2.24, 2.45) is 0 Å². The molecule has 2 heterocycles. The fraction of sp³-hybridized carbons (Fsp3) is 0.630.